The molecule has 1 aromatic carbocycles. The van der Waals surface area contributed by atoms with Gasteiger partial charge in [0.15, 0.2) is 5.78 Å². The molecule has 0 saturated carbocycles. The topological polar surface area (TPSA) is 70.2 Å². The van der Waals surface area contributed by atoms with E-state index in [4.69, 9.17) is 16.7 Å². The largest absolute Gasteiger partial charge is 0.477 e. The Labute approximate surface area is 112 Å². The van der Waals surface area contributed by atoms with Gasteiger partial charge < -0.3 is 10.1 Å². The summed E-state index contributed by atoms with van der Waals surface area (Å²) in [6.45, 7) is 0. The molecule has 0 saturated heterocycles. The SMILES string of the molecule is O=C(O)c1cc(CC(=O)c2ccc(Cl)cc2F)c[nH]1. The number of hydrogen-bond donors (Lipinski definition) is 2. The van der Waals surface area contributed by atoms with Gasteiger partial charge in [-0.1, -0.05) is 11.6 Å². The van der Waals surface area contributed by atoms with E-state index in [1.54, 1.807) is 0 Å². The van der Waals surface area contributed by atoms with Crippen LogP contribution in [0.4, 0.5) is 4.39 Å². The maximum absolute atomic E-state index is 13.5. The van der Waals surface area contributed by atoms with E-state index in [-0.39, 0.29) is 22.7 Å². The zero-order valence-electron chi connectivity index (χ0n) is 9.61. The molecule has 0 aliphatic heterocycles. The zero-order valence-corrected chi connectivity index (χ0v) is 10.4. The molecule has 0 aliphatic rings. The van der Waals surface area contributed by atoms with Gasteiger partial charge in [-0.25, -0.2) is 9.18 Å². The van der Waals surface area contributed by atoms with Crippen molar-refractivity contribution in [1.29, 1.82) is 0 Å². The van der Waals surface area contributed by atoms with Gasteiger partial charge in [0.05, 0.1) is 5.56 Å². The number of hydrogen-bond acceptors (Lipinski definition) is 2. The lowest BCUT2D eigenvalue weighted by molar-refractivity contribution is 0.0691. The number of halogens is 2. The van der Waals surface area contributed by atoms with Gasteiger partial charge >= 0.3 is 5.97 Å². The highest BCUT2D eigenvalue weighted by Crippen LogP contribution is 2.17. The molecule has 0 amide bonds. The Kier molecular flexibility index (Phi) is 3.66. The van der Waals surface area contributed by atoms with E-state index in [9.17, 15) is 14.0 Å². The van der Waals surface area contributed by atoms with Crippen LogP contribution in [0.15, 0.2) is 30.5 Å². The van der Waals surface area contributed by atoms with Crippen LogP contribution in [0.1, 0.15) is 26.4 Å². The summed E-state index contributed by atoms with van der Waals surface area (Å²) in [5, 5.41) is 8.95. The highest BCUT2D eigenvalue weighted by molar-refractivity contribution is 6.30. The number of aromatic nitrogens is 1. The maximum atomic E-state index is 13.5. The summed E-state index contributed by atoms with van der Waals surface area (Å²) >= 11 is 5.60. The molecule has 0 aliphatic carbocycles. The van der Waals surface area contributed by atoms with Gasteiger partial charge in [-0.3, -0.25) is 4.79 Å². The van der Waals surface area contributed by atoms with Crippen molar-refractivity contribution in [1.82, 2.24) is 4.98 Å². The Hall–Kier alpha value is -2.14. The Morgan fingerprint density at radius 3 is 2.63 bits per heavy atom. The van der Waals surface area contributed by atoms with E-state index in [1.165, 1.54) is 24.4 Å². The van der Waals surface area contributed by atoms with E-state index in [0.29, 0.717) is 5.56 Å². The van der Waals surface area contributed by atoms with Gasteiger partial charge in [0.2, 0.25) is 0 Å². The van der Waals surface area contributed by atoms with Crippen molar-refractivity contribution in [3.05, 3.63) is 58.1 Å². The number of carbonyl (C=O) groups is 2. The number of Topliss-reactive ketones (excluding diaryl/α,β-unsaturated/α-hetero) is 1. The van der Waals surface area contributed by atoms with E-state index in [0.717, 1.165) is 6.07 Å². The molecule has 4 nitrogen and oxygen atoms in total. The number of benzene rings is 1. The third-order valence-corrected chi connectivity index (χ3v) is 2.80. The average Bonchev–Trinajstić information content (AvgIpc) is 2.77. The highest BCUT2D eigenvalue weighted by Gasteiger charge is 2.14. The van der Waals surface area contributed by atoms with Crippen molar-refractivity contribution in [2.24, 2.45) is 0 Å². The molecule has 98 valence electrons. The van der Waals surface area contributed by atoms with E-state index in [2.05, 4.69) is 4.98 Å². The Balaban J connectivity index is 2.18. The first-order valence-electron chi connectivity index (χ1n) is 5.36. The predicted octanol–water partition coefficient (Wildman–Crippen LogP) is 2.93. The fourth-order valence-electron chi connectivity index (χ4n) is 1.66. The molecular weight excluding hydrogens is 273 g/mol. The molecule has 0 fully saturated rings. The molecule has 1 aromatic heterocycles. The van der Waals surface area contributed by atoms with E-state index >= 15 is 0 Å². The standard InChI is InChI=1S/C13H9ClFNO3/c14-8-1-2-9(10(15)5-8)12(17)4-7-3-11(13(18)19)16-6-7/h1-3,5-6,16H,4H2,(H,18,19). The molecule has 0 spiro atoms. The molecule has 1 heterocycles. The first-order valence-corrected chi connectivity index (χ1v) is 5.74. The summed E-state index contributed by atoms with van der Waals surface area (Å²) in [5.74, 6) is -2.24. The molecule has 0 unspecified atom stereocenters. The van der Waals surface area contributed by atoms with Gasteiger partial charge in [0.1, 0.15) is 11.5 Å². The number of nitrogens with one attached hydrogen (secondary N) is 1. The normalized spacial score (nSPS) is 10.4. The summed E-state index contributed by atoms with van der Waals surface area (Å²) in [7, 11) is 0. The summed E-state index contributed by atoms with van der Waals surface area (Å²) in [5.41, 5.74) is 0.401. The monoisotopic (exact) mass is 281 g/mol. The van der Waals surface area contributed by atoms with Crippen LogP contribution in [0.2, 0.25) is 5.02 Å². The smallest absolute Gasteiger partial charge is 0.352 e. The van der Waals surface area contributed by atoms with Crippen molar-refractivity contribution >= 4 is 23.4 Å². The van der Waals surface area contributed by atoms with E-state index < -0.39 is 17.6 Å². The van der Waals surface area contributed by atoms with Crippen LogP contribution in [0.3, 0.4) is 0 Å². The Morgan fingerprint density at radius 2 is 2.05 bits per heavy atom. The number of carboxylic acid groups (broad SMARTS) is 1. The second-order valence-corrected chi connectivity index (χ2v) is 4.39. The van der Waals surface area contributed by atoms with Gasteiger partial charge in [-0.15, -0.1) is 0 Å². The van der Waals surface area contributed by atoms with Gasteiger partial charge in [-0.05, 0) is 29.8 Å². The van der Waals surface area contributed by atoms with Crippen LogP contribution in [-0.4, -0.2) is 21.8 Å². The van der Waals surface area contributed by atoms with Crippen molar-refractivity contribution in [2.45, 2.75) is 6.42 Å². The van der Waals surface area contributed by atoms with Gasteiger partial charge in [0.25, 0.3) is 0 Å². The lowest BCUT2D eigenvalue weighted by Crippen LogP contribution is -2.05. The van der Waals surface area contributed by atoms with Crippen molar-refractivity contribution < 1.29 is 19.1 Å². The average molecular weight is 282 g/mol. The molecular formula is C13H9ClFNO3. The zero-order chi connectivity index (χ0) is 14.0. The van der Waals surface area contributed by atoms with Crippen LogP contribution in [-0.2, 0) is 6.42 Å². The number of aromatic carboxylic acids is 1. The number of H-pyrrole nitrogens is 1. The fraction of sp³-hybridized carbons (Fsp3) is 0.0769. The highest BCUT2D eigenvalue weighted by atomic mass is 35.5. The number of aromatic amines is 1. The Bertz CT molecular complexity index is 651. The number of rotatable bonds is 4. The molecule has 0 bridgehead atoms. The fourth-order valence-corrected chi connectivity index (χ4v) is 1.82. The minimum Gasteiger partial charge on any atom is -0.477 e. The molecule has 2 rings (SSSR count). The van der Waals surface area contributed by atoms with Crippen molar-refractivity contribution in [2.75, 3.05) is 0 Å². The van der Waals surface area contributed by atoms with Crippen molar-refractivity contribution in [3.8, 4) is 0 Å². The molecule has 6 heteroatoms. The molecule has 0 atom stereocenters. The first kappa shape index (κ1) is 13.3. The van der Waals surface area contributed by atoms with Crippen LogP contribution >= 0.6 is 11.6 Å². The maximum Gasteiger partial charge on any atom is 0.352 e. The van der Waals surface area contributed by atoms with Crippen LogP contribution in [0.5, 0.6) is 0 Å². The third kappa shape index (κ3) is 3.00. The second-order valence-electron chi connectivity index (χ2n) is 3.95. The minimum atomic E-state index is -1.11. The third-order valence-electron chi connectivity index (χ3n) is 2.57. The van der Waals surface area contributed by atoms with Crippen molar-refractivity contribution in [3.63, 3.8) is 0 Å². The predicted molar refractivity (Wildman–Crippen MR) is 67.2 cm³/mol. The molecule has 2 N–H and O–H groups in total. The molecule has 2 aromatic rings. The lowest BCUT2D eigenvalue weighted by Gasteiger charge is -2.01. The lowest BCUT2D eigenvalue weighted by atomic mass is 10.0. The number of carbonyl (C=O) groups excluding carboxylic acids is 1. The number of ketones is 1. The Morgan fingerprint density at radius 1 is 1.32 bits per heavy atom. The van der Waals surface area contributed by atoms with Crippen LogP contribution in [0.25, 0.3) is 0 Å². The molecule has 0 radical (unpaired) electrons. The summed E-state index contributed by atoms with van der Waals surface area (Å²) in [6.07, 6.45) is 1.33. The summed E-state index contributed by atoms with van der Waals surface area (Å²) in [4.78, 5) is 25.1. The summed E-state index contributed by atoms with van der Waals surface area (Å²) < 4.78 is 13.5. The van der Waals surface area contributed by atoms with Crippen LogP contribution in [0, 0.1) is 5.82 Å². The van der Waals surface area contributed by atoms with Gasteiger partial charge in [0, 0.05) is 17.6 Å². The first-order chi connectivity index (χ1) is 8.97. The minimum absolute atomic E-state index is 0.0145. The summed E-state index contributed by atoms with van der Waals surface area (Å²) in [6, 6.07) is 5.14. The second kappa shape index (κ2) is 5.24. The quantitative estimate of drug-likeness (QED) is 0.847. The van der Waals surface area contributed by atoms with E-state index in [1.807, 2.05) is 0 Å². The van der Waals surface area contributed by atoms with Crippen LogP contribution < -0.4 is 0 Å². The number of carboxylic acids is 1. The van der Waals surface area contributed by atoms with Gasteiger partial charge in [-0.2, -0.15) is 0 Å². The molecule has 19 heavy (non-hydrogen) atoms.